The second-order valence-electron chi connectivity index (χ2n) is 5.06. The number of hydrogen-bond acceptors (Lipinski definition) is 4. The van der Waals surface area contributed by atoms with E-state index in [0.717, 1.165) is 5.39 Å². The Morgan fingerprint density at radius 2 is 1.74 bits per heavy atom. The molecular formula is C18H14N2O3. The first kappa shape index (κ1) is 14.7. The van der Waals surface area contributed by atoms with Gasteiger partial charge in [0.05, 0.1) is 22.5 Å². The van der Waals surface area contributed by atoms with Gasteiger partial charge in [-0.15, -0.1) is 0 Å². The van der Waals surface area contributed by atoms with Crippen LogP contribution in [0.2, 0.25) is 0 Å². The third kappa shape index (κ3) is 2.89. The molecule has 0 spiro atoms. The zero-order valence-electron chi connectivity index (χ0n) is 12.4. The number of nitrogens with two attached hydrogens (primary N) is 1. The number of para-hydroxylation sites is 2. The average Bonchev–Trinajstić information content (AvgIpc) is 2.54. The summed E-state index contributed by atoms with van der Waals surface area (Å²) in [6, 6.07) is 15.7. The van der Waals surface area contributed by atoms with Crippen LogP contribution in [0.5, 0.6) is 0 Å². The lowest BCUT2D eigenvalue weighted by atomic mass is 10.1. The number of nitrogens with zero attached hydrogens (tertiary/aromatic N) is 1. The van der Waals surface area contributed by atoms with Crippen LogP contribution in [0.1, 0.15) is 22.8 Å². The molecule has 0 radical (unpaired) electrons. The predicted molar refractivity (Wildman–Crippen MR) is 89.3 cm³/mol. The Morgan fingerprint density at radius 1 is 1.04 bits per heavy atom. The number of benzene rings is 2. The molecule has 2 N–H and O–H groups in total. The summed E-state index contributed by atoms with van der Waals surface area (Å²) in [6.45, 7) is 1.69. The fourth-order valence-corrected chi connectivity index (χ4v) is 2.33. The van der Waals surface area contributed by atoms with Crippen molar-refractivity contribution in [2.24, 2.45) is 10.7 Å². The molecule has 3 aromatic rings. The maximum atomic E-state index is 12.1. The number of carbonyl (C=O) groups is 1. The number of aliphatic imine (C=N–C) groups is 1. The molecule has 0 fully saturated rings. The van der Waals surface area contributed by atoms with Gasteiger partial charge in [0.2, 0.25) is 0 Å². The third-order valence-corrected chi connectivity index (χ3v) is 3.49. The zero-order chi connectivity index (χ0) is 16.4. The van der Waals surface area contributed by atoms with Crippen LogP contribution in [0, 0.1) is 0 Å². The molecule has 0 aliphatic carbocycles. The van der Waals surface area contributed by atoms with Gasteiger partial charge in [0, 0.05) is 5.39 Å². The summed E-state index contributed by atoms with van der Waals surface area (Å²) in [6.07, 6.45) is 0. The van der Waals surface area contributed by atoms with Crippen LogP contribution in [0.4, 0.5) is 5.69 Å². The largest absolute Gasteiger partial charge is 0.422 e. The molecule has 2 aromatic carbocycles. The molecule has 0 aliphatic rings. The van der Waals surface area contributed by atoms with Crippen molar-refractivity contribution < 1.29 is 9.21 Å². The monoisotopic (exact) mass is 306 g/mol. The van der Waals surface area contributed by atoms with E-state index in [1.54, 1.807) is 49.4 Å². The molecule has 1 heterocycles. The fraction of sp³-hybridized carbons (Fsp3) is 0.0556. The van der Waals surface area contributed by atoms with Crippen LogP contribution in [0.15, 0.2) is 68.8 Å². The molecule has 5 nitrogen and oxygen atoms in total. The molecule has 1 aromatic heterocycles. The van der Waals surface area contributed by atoms with Crippen molar-refractivity contribution in [2.75, 3.05) is 0 Å². The molecule has 0 saturated heterocycles. The molecule has 5 heteroatoms. The molecule has 0 atom stereocenters. The van der Waals surface area contributed by atoms with Gasteiger partial charge in [0.15, 0.2) is 0 Å². The van der Waals surface area contributed by atoms with Crippen molar-refractivity contribution in [3.8, 4) is 0 Å². The molecule has 0 bridgehead atoms. The second kappa shape index (κ2) is 5.88. The van der Waals surface area contributed by atoms with Gasteiger partial charge in [-0.25, -0.2) is 4.79 Å². The molecular weight excluding hydrogens is 292 g/mol. The van der Waals surface area contributed by atoms with Crippen LogP contribution in [0.3, 0.4) is 0 Å². The first-order chi connectivity index (χ1) is 11.1. The van der Waals surface area contributed by atoms with Gasteiger partial charge >= 0.3 is 5.63 Å². The lowest BCUT2D eigenvalue weighted by Gasteiger charge is -2.04. The molecule has 1 amide bonds. The number of rotatable bonds is 3. The highest BCUT2D eigenvalue weighted by molar-refractivity contribution is 6.04. The van der Waals surface area contributed by atoms with Crippen molar-refractivity contribution in [2.45, 2.75) is 6.92 Å². The van der Waals surface area contributed by atoms with E-state index in [2.05, 4.69) is 4.99 Å². The summed E-state index contributed by atoms with van der Waals surface area (Å²) in [4.78, 5) is 28.0. The first-order valence-electron chi connectivity index (χ1n) is 7.03. The minimum Gasteiger partial charge on any atom is -0.422 e. The minimum absolute atomic E-state index is 0.303. The summed E-state index contributed by atoms with van der Waals surface area (Å²) in [7, 11) is 0. The number of amides is 1. The molecule has 0 aliphatic heterocycles. The van der Waals surface area contributed by atoms with Gasteiger partial charge in [-0.1, -0.05) is 30.3 Å². The number of fused-ring (bicyclic) bond motifs is 1. The van der Waals surface area contributed by atoms with Gasteiger partial charge < -0.3 is 10.2 Å². The molecule has 23 heavy (non-hydrogen) atoms. The maximum Gasteiger partial charge on any atom is 0.345 e. The summed E-state index contributed by atoms with van der Waals surface area (Å²) in [5.41, 5.74) is 6.92. The van der Waals surface area contributed by atoms with Gasteiger partial charge in [0.1, 0.15) is 5.58 Å². The standard InChI is InChI=1S/C18H14N2O3/c1-11(20-15-8-4-3-7-13(15)17(19)21)14-10-12-6-2-5-9-16(12)23-18(14)22/h2-10H,1H3,(H2,19,21). The molecule has 0 saturated carbocycles. The Labute approximate surface area is 132 Å². The number of carbonyl (C=O) groups excluding carboxylic acids is 1. The van der Waals surface area contributed by atoms with Crippen molar-refractivity contribution in [1.29, 1.82) is 0 Å². The van der Waals surface area contributed by atoms with Crippen molar-refractivity contribution >= 4 is 28.3 Å². The van der Waals surface area contributed by atoms with E-state index < -0.39 is 11.5 Å². The SMILES string of the molecule is CC(=Nc1ccccc1C(N)=O)c1cc2ccccc2oc1=O. The summed E-state index contributed by atoms with van der Waals surface area (Å²) >= 11 is 0. The number of hydrogen-bond donors (Lipinski definition) is 1. The van der Waals surface area contributed by atoms with Crippen LogP contribution >= 0.6 is 0 Å². The van der Waals surface area contributed by atoms with E-state index >= 15 is 0 Å². The lowest BCUT2D eigenvalue weighted by molar-refractivity contribution is 0.100. The summed E-state index contributed by atoms with van der Waals surface area (Å²) < 4.78 is 5.30. The Kier molecular flexibility index (Phi) is 3.76. The van der Waals surface area contributed by atoms with Gasteiger partial charge in [-0.2, -0.15) is 0 Å². The van der Waals surface area contributed by atoms with Gasteiger partial charge in [0.25, 0.3) is 5.91 Å². The highest BCUT2D eigenvalue weighted by atomic mass is 16.4. The van der Waals surface area contributed by atoms with Gasteiger partial charge in [-0.05, 0) is 31.2 Å². The van der Waals surface area contributed by atoms with Crippen molar-refractivity contribution in [3.05, 3.63) is 76.1 Å². The average molecular weight is 306 g/mol. The van der Waals surface area contributed by atoms with Crippen molar-refractivity contribution in [3.63, 3.8) is 0 Å². The molecule has 3 rings (SSSR count). The van der Waals surface area contributed by atoms with E-state index in [4.69, 9.17) is 10.2 Å². The van der Waals surface area contributed by atoms with E-state index in [9.17, 15) is 9.59 Å². The summed E-state index contributed by atoms with van der Waals surface area (Å²) in [5, 5.41) is 0.805. The second-order valence-corrected chi connectivity index (χ2v) is 5.06. The minimum atomic E-state index is -0.567. The van der Waals surface area contributed by atoms with Crippen LogP contribution < -0.4 is 11.4 Å². The van der Waals surface area contributed by atoms with Crippen LogP contribution in [-0.4, -0.2) is 11.6 Å². The fourth-order valence-electron chi connectivity index (χ4n) is 2.33. The Hall–Kier alpha value is -3.21. The smallest absolute Gasteiger partial charge is 0.345 e. The Balaban J connectivity index is 2.14. The van der Waals surface area contributed by atoms with E-state index in [1.807, 2.05) is 12.1 Å². The maximum absolute atomic E-state index is 12.1. The normalized spacial score (nSPS) is 11.6. The quantitative estimate of drug-likeness (QED) is 0.596. The lowest BCUT2D eigenvalue weighted by Crippen LogP contribution is -2.13. The van der Waals surface area contributed by atoms with Crippen LogP contribution in [0.25, 0.3) is 11.0 Å². The third-order valence-electron chi connectivity index (χ3n) is 3.49. The van der Waals surface area contributed by atoms with E-state index in [1.165, 1.54) is 0 Å². The Bertz CT molecular complexity index is 987. The van der Waals surface area contributed by atoms with Crippen molar-refractivity contribution in [1.82, 2.24) is 0 Å². The van der Waals surface area contributed by atoms with E-state index in [-0.39, 0.29) is 0 Å². The summed E-state index contributed by atoms with van der Waals surface area (Å²) in [5.74, 6) is -0.567. The number of primary amides is 1. The molecule has 0 unspecified atom stereocenters. The highest BCUT2D eigenvalue weighted by Crippen LogP contribution is 2.20. The van der Waals surface area contributed by atoms with E-state index in [0.29, 0.717) is 28.1 Å². The van der Waals surface area contributed by atoms with Gasteiger partial charge in [-0.3, -0.25) is 9.79 Å². The Morgan fingerprint density at radius 3 is 2.52 bits per heavy atom. The van der Waals surface area contributed by atoms with Crippen LogP contribution in [-0.2, 0) is 0 Å². The predicted octanol–water partition coefficient (Wildman–Crippen LogP) is 3.03. The topological polar surface area (TPSA) is 85.7 Å². The first-order valence-corrected chi connectivity index (χ1v) is 7.03. The zero-order valence-corrected chi connectivity index (χ0v) is 12.4. The molecule has 114 valence electrons. The highest BCUT2D eigenvalue weighted by Gasteiger charge is 2.11.